The van der Waals surface area contributed by atoms with Gasteiger partial charge in [0.1, 0.15) is 12.9 Å². The van der Waals surface area contributed by atoms with E-state index in [0.29, 0.717) is 11.9 Å². The number of carbonyl (C=O) groups excluding carboxylic acids is 2. The number of aliphatic hydroxyl groups is 2. The lowest BCUT2D eigenvalue weighted by Gasteiger charge is -2.28. The van der Waals surface area contributed by atoms with Crippen molar-refractivity contribution in [1.29, 1.82) is 0 Å². The molecule has 0 radical (unpaired) electrons. The second kappa shape index (κ2) is 18.1. The average Bonchev–Trinajstić information content (AvgIpc) is 2.89. The van der Waals surface area contributed by atoms with Crippen molar-refractivity contribution in [2.45, 2.75) is 84.0 Å². The number of rotatable bonds is 14. The first-order chi connectivity index (χ1) is 16.8. The SMILES string of the molecule is C=C(C)C(=O)OCC(CO)c1ccc(CCC2CCC(CCCCC)CC2)cc1.C=C(C=O)CO. The lowest BCUT2D eigenvalue weighted by Crippen LogP contribution is -2.16. The molecule has 1 aromatic rings. The fraction of sp³-hybridized carbons (Fsp3) is 0.600. The Bertz CT molecular complexity index is 759. The second-order valence-electron chi connectivity index (χ2n) is 9.86. The van der Waals surface area contributed by atoms with Crippen LogP contribution in [0.15, 0.2) is 48.6 Å². The Balaban J connectivity index is 0.000000905. The van der Waals surface area contributed by atoms with Gasteiger partial charge in [0, 0.05) is 17.1 Å². The normalized spacial score (nSPS) is 18.1. The molecule has 1 fully saturated rings. The van der Waals surface area contributed by atoms with E-state index in [9.17, 15) is 14.7 Å². The number of aryl methyl sites for hydroxylation is 1. The zero-order valence-electron chi connectivity index (χ0n) is 21.8. The van der Waals surface area contributed by atoms with Crippen molar-refractivity contribution in [1.82, 2.24) is 0 Å². The van der Waals surface area contributed by atoms with Gasteiger partial charge in [-0.05, 0) is 42.7 Å². The lowest BCUT2D eigenvalue weighted by molar-refractivity contribution is -0.139. The van der Waals surface area contributed by atoms with Crippen LogP contribution in [-0.4, -0.2) is 42.3 Å². The Kier molecular flexibility index (Phi) is 15.9. The maximum absolute atomic E-state index is 11.6. The van der Waals surface area contributed by atoms with E-state index in [1.807, 2.05) is 0 Å². The highest BCUT2D eigenvalue weighted by Crippen LogP contribution is 2.34. The van der Waals surface area contributed by atoms with Crippen LogP contribution in [0.5, 0.6) is 0 Å². The summed E-state index contributed by atoms with van der Waals surface area (Å²) in [6.45, 7) is 10.6. The molecule has 5 heteroatoms. The zero-order chi connectivity index (χ0) is 26.1. The van der Waals surface area contributed by atoms with Crippen LogP contribution >= 0.6 is 0 Å². The first-order valence-corrected chi connectivity index (χ1v) is 13.1. The van der Waals surface area contributed by atoms with Crippen molar-refractivity contribution in [2.75, 3.05) is 19.8 Å². The van der Waals surface area contributed by atoms with E-state index in [0.717, 1.165) is 23.8 Å². The maximum atomic E-state index is 11.6. The van der Waals surface area contributed by atoms with Crippen molar-refractivity contribution in [2.24, 2.45) is 11.8 Å². The molecule has 0 heterocycles. The van der Waals surface area contributed by atoms with Crippen LogP contribution in [-0.2, 0) is 20.7 Å². The third-order valence-corrected chi connectivity index (χ3v) is 6.83. The van der Waals surface area contributed by atoms with Crippen molar-refractivity contribution in [3.8, 4) is 0 Å². The highest BCUT2D eigenvalue weighted by atomic mass is 16.5. The third-order valence-electron chi connectivity index (χ3n) is 6.83. The molecule has 2 N–H and O–H groups in total. The number of ether oxygens (including phenoxy) is 1. The number of hydrogen-bond acceptors (Lipinski definition) is 5. The van der Waals surface area contributed by atoms with Gasteiger partial charge in [-0.1, -0.05) is 95.7 Å². The number of aldehydes is 1. The van der Waals surface area contributed by atoms with Crippen molar-refractivity contribution < 1.29 is 24.5 Å². The number of esters is 1. The maximum Gasteiger partial charge on any atom is 0.333 e. The molecular weight excluding hydrogens is 440 g/mol. The molecule has 1 unspecified atom stereocenters. The summed E-state index contributed by atoms with van der Waals surface area (Å²) in [4.78, 5) is 21.0. The first kappa shape index (κ1) is 30.8. The minimum absolute atomic E-state index is 0.0374. The van der Waals surface area contributed by atoms with Gasteiger partial charge >= 0.3 is 5.97 Å². The summed E-state index contributed by atoms with van der Waals surface area (Å²) >= 11 is 0. The molecule has 1 aromatic carbocycles. The van der Waals surface area contributed by atoms with Crippen LogP contribution in [0.2, 0.25) is 0 Å². The van der Waals surface area contributed by atoms with Gasteiger partial charge < -0.3 is 14.9 Å². The predicted molar refractivity (Wildman–Crippen MR) is 142 cm³/mol. The molecule has 1 aliphatic rings. The number of benzene rings is 1. The fourth-order valence-corrected chi connectivity index (χ4v) is 4.41. The largest absolute Gasteiger partial charge is 0.462 e. The summed E-state index contributed by atoms with van der Waals surface area (Å²) in [6, 6.07) is 8.45. The Labute approximate surface area is 212 Å². The lowest BCUT2D eigenvalue weighted by atomic mass is 9.77. The molecule has 0 aliphatic heterocycles. The topological polar surface area (TPSA) is 83.8 Å². The van der Waals surface area contributed by atoms with Gasteiger partial charge in [-0.25, -0.2) is 4.79 Å². The van der Waals surface area contributed by atoms with Gasteiger partial charge in [0.05, 0.1) is 13.2 Å². The van der Waals surface area contributed by atoms with Gasteiger partial charge in [0.15, 0.2) is 0 Å². The van der Waals surface area contributed by atoms with E-state index in [2.05, 4.69) is 44.3 Å². The van der Waals surface area contributed by atoms with Crippen LogP contribution in [0.25, 0.3) is 0 Å². The zero-order valence-corrected chi connectivity index (χ0v) is 21.8. The number of carbonyl (C=O) groups is 2. The molecule has 0 aromatic heterocycles. The Hall–Kier alpha value is -2.24. The summed E-state index contributed by atoms with van der Waals surface area (Å²) < 4.78 is 5.21. The molecule has 2 rings (SSSR count). The van der Waals surface area contributed by atoms with Gasteiger partial charge in [-0.2, -0.15) is 0 Å². The van der Waals surface area contributed by atoms with E-state index in [1.165, 1.54) is 63.4 Å². The van der Waals surface area contributed by atoms with Crippen LogP contribution in [0, 0.1) is 11.8 Å². The summed E-state index contributed by atoms with van der Waals surface area (Å²) in [5.41, 5.74) is 2.97. The van der Waals surface area contributed by atoms with Crippen molar-refractivity contribution in [3.63, 3.8) is 0 Å². The van der Waals surface area contributed by atoms with Crippen LogP contribution in [0.4, 0.5) is 0 Å². The van der Waals surface area contributed by atoms with Gasteiger partial charge in [-0.15, -0.1) is 0 Å². The molecule has 1 atom stereocenters. The van der Waals surface area contributed by atoms with Crippen LogP contribution in [0.1, 0.15) is 88.7 Å². The van der Waals surface area contributed by atoms with E-state index < -0.39 is 5.97 Å². The average molecular weight is 487 g/mol. The molecular formula is C30H46O5. The highest BCUT2D eigenvalue weighted by molar-refractivity contribution is 5.86. The van der Waals surface area contributed by atoms with Crippen LogP contribution in [0.3, 0.4) is 0 Å². The van der Waals surface area contributed by atoms with Gasteiger partial charge in [0.25, 0.3) is 0 Å². The molecule has 5 nitrogen and oxygen atoms in total. The molecule has 0 bridgehead atoms. The van der Waals surface area contributed by atoms with E-state index >= 15 is 0 Å². The summed E-state index contributed by atoms with van der Waals surface area (Å²) in [5.74, 6) is 1.27. The molecule has 0 amide bonds. The molecule has 35 heavy (non-hydrogen) atoms. The number of hydrogen-bond donors (Lipinski definition) is 2. The first-order valence-electron chi connectivity index (χ1n) is 13.1. The Morgan fingerprint density at radius 2 is 1.66 bits per heavy atom. The monoisotopic (exact) mass is 486 g/mol. The van der Waals surface area contributed by atoms with E-state index in [1.54, 1.807) is 6.92 Å². The molecule has 1 aliphatic carbocycles. The van der Waals surface area contributed by atoms with Gasteiger partial charge in [-0.3, -0.25) is 4.79 Å². The quantitative estimate of drug-likeness (QED) is 0.147. The van der Waals surface area contributed by atoms with E-state index in [4.69, 9.17) is 9.84 Å². The van der Waals surface area contributed by atoms with Crippen molar-refractivity contribution >= 4 is 12.3 Å². The summed E-state index contributed by atoms with van der Waals surface area (Å²) in [7, 11) is 0. The van der Waals surface area contributed by atoms with Crippen molar-refractivity contribution in [3.05, 3.63) is 59.7 Å². The van der Waals surface area contributed by atoms with Gasteiger partial charge in [0.2, 0.25) is 0 Å². The Morgan fingerprint density at radius 3 is 2.11 bits per heavy atom. The molecule has 0 spiro atoms. The predicted octanol–water partition coefficient (Wildman–Crippen LogP) is 5.93. The summed E-state index contributed by atoms with van der Waals surface area (Å²) in [6.07, 6.45) is 14.2. The minimum Gasteiger partial charge on any atom is -0.462 e. The number of unbranched alkanes of at least 4 members (excludes halogenated alkanes) is 2. The third kappa shape index (κ3) is 12.9. The molecule has 196 valence electrons. The summed E-state index contributed by atoms with van der Waals surface area (Å²) in [5, 5.41) is 17.7. The second-order valence-corrected chi connectivity index (χ2v) is 9.86. The highest BCUT2D eigenvalue weighted by Gasteiger charge is 2.20. The fourth-order valence-electron chi connectivity index (χ4n) is 4.41. The molecule has 1 saturated carbocycles. The minimum atomic E-state index is -0.403. The number of aliphatic hydroxyl groups excluding tert-OH is 2. The van der Waals surface area contributed by atoms with E-state index in [-0.39, 0.29) is 31.3 Å². The molecule has 0 saturated heterocycles. The Morgan fingerprint density at radius 1 is 1.06 bits per heavy atom. The van der Waals surface area contributed by atoms with Crippen LogP contribution < -0.4 is 0 Å². The standard InChI is InChI=1S/C26H40O3.C4H6O2/c1-4-5-6-7-21-8-10-22(11-9-21)12-13-23-14-16-24(17-15-23)25(18-27)19-29-26(28)20(2)3;1-4(2-5)3-6/h14-17,21-22,25,27H,2,4-13,18-19H2,1,3H3;2,6H,1,3H2. The smallest absolute Gasteiger partial charge is 0.333 e.